The molecule has 23 heavy (non-hydrogen) atoms. The van der Waals surface area contributed by atoms with E-state index >= 15 is 0 Å². The fourth-order valence-electron chi connectivity index (χ4n) is 1.87. The number of halogens is 3. The third-order valence-electron chi connectivity index (χ3n) is 2.93. The summed E-state index contributed by atoms with van der Waals surface area (Å²) >= 11 is 0. The Bertz CT molecular complexity index is 644. The van der Waals surface area contributed by atoms with Crippen molar-refractivity contribution in [1.82, 2.24) is 9.97 Å². The molecule has 0 unspecified atom stereocenters. The highest BCUT2D eigenvalue weighted by Crippen LogP contribution is 2.30. The number of aromatic nitrogens is 2. The van der Waals surface area contributed by atoms with Crippen molar-refractivity contribution in [2.75, 3.05) is 30.9 Å². The van der Waals surface area contributed by atoms with Crippen molar-refractivity contribution in [3.8, 4) is 0 Å². The van der Waals surface area contributed by atoms with Gasteiger partial charge in [-0.2, -0.15) is 18.2 Å². The van der Waals surface area contributed by atoms with Crippen molar-refractivity contribution < 1.29 is 17.9 Å². The minimum absolute atomic E-state index is 0.427. The molecule has 0 aliphatic carbocycles. The molecule has 2 N–H and O–H groups in total. The summed E-state index contributed by atoms with van der Waals surface area (Å²) in [6.45, 7) is 2.87. The molecule has 0 spiro atoms. The van der Waals surface area contributed by atoms with Gasteiger partial charge in [0, 0.05) is 31.1 Å². The molecule has 124 valence electrons. The van der Waals surface area contributed by atoms with Crippen LogP contribution in [0.2, 0.25) is 0 Å². The lowest BCUT2D eigenvalue weighted by Gasteiger charge is -2.11. The minimum Gasteiger partial charge on any atom is -0.383 e. The van der Waals surface area contributed by atoms with Crippen LogP contribution in [-0.2, 0) is 10.9 Å². The van der Waals surface area contributed by atoms with E-state index in [1.165, 1.54) is 12.1 Å². The first-order chi connectivity index (χ1) is 10.9. The number of nitrogens with one attached hydrogen (secondary N) is 2. The quantitative estimate of drug-likeness (QED) is 0.794. The van der Waals surface area contributed by atoms with Crippen LogP contribution in [0, 0.1) is 6.92 Å². The summed E-state index contributed by atoms with van der Waals surface area (Å²) in [5.41, 5.74) is 0.553. The summed E-state index contributed by atoms with van der Waals surface area (Å²) in [7, 11) is 1.59. The molecule has 0 radical (unpaired) electrons. The molecule has 1 aromatic carbocycles. The number of aryl methyl sites for hydroxylation is 1. The molecule has 5 nitrogen and oxygen atoms in total. The standard InChI is InChI=1S/C15H17F3N4O/c1-10-9-13(22-14(20-10)19-7-8-23-2)21-12-5-3-11(4-6-12)15(16,17)18/h3-6,9H,7-8H2,1-2H3,(H2,19,20,21,22). The topological polar surface area (TPSA) is 59.1 Å². The zero-order chi connectivity index (χ0) is 16.9. The van der Waals surface area contributed by atoms with Crippen molar-refractivity contribution in [2.24, 2.45) is 0 Å². The normalized spacial score (nSPS) is 11.3. The molecule has 2 aromatic rings. The molecule has 0 saturated carbocycles. The van der Waals surface area contributed by atoms with Gasteiger partial charge in [0.05, 0.1) is 12.2 Å². The molecule has 1 aromatic heterocycles. The zero-order valence-corrected chi connectivity index (χ0v) is 12.7. The molecule has 0 aliphatic heterocycles. The summed E-state index contributed by atoms with van der Waals surface area (Å²) < 4.78 is 42.6. The van der Waals surface area contributed by atoms with Gasteiger partial charge in [-0.1, -0.05) is 0 Å². The number of rotatable bonds is 6. The van der Waals surface area contributed by atoms with Gasteiger partial charge < -0.3 is 15.4 Å². The van der Waals surface area contributed by atoms with Gasteiger partial charge in [-0.3, -0.25) is 0 Å². The van der Waals surface area contributed by atoms with E-state index in [2.05, 4.69) is 20.6 Å². The molecule has 1 heterocycles. The van der Waals surface area contributed by atoms with Crippen molar-refractivity contribution in [3.63, 3.8) is 0 Å². The molecule has 0 aliphatic rings. The number of hydrogen-bond donors (Lipinski definition) is 2. The number of alkyl halides is 3. The van der Waals surface area contributed by atoms with Crippen LogP contribution in [0.15, 0.2) is 30.3 Å². The third kappa shape index (κ3) is 5.10. The maximum absolute atomic E-state index is 12.5. The maximum atomic E-state index is 12.5. The molecule has 8 heteroatoms. The van der Waals surface area contributed by atoms with Crippen molar-refractivity contribution in [1.29, 1.82) is 0 Å². The number of benzene rings is 1. The summed E-state index contributed by atoms with van der Waals surface area (Å²) in [5.74, 6) is 0.925. The molecular formula is C15H17F3N4O. The summed E-state index contributed by atoms with van der Waals surface area (Å²) in [6.07, 6.45) is -4.34. The van der Waals surface area contributed by atoms with Crippen LogP contribution in [0.3, 0.4) is 0 Å². The van der Waals surface area contributed by atoms with Crippen molar-refractivity contribution in [2.45, 2.75) is 13.1 Å². The first kappa shape index (κ1) is 17.0. The lowest BCUT2D eigenvalue weighted by Crippen LogP contribution is -2.11. The molecule has 0 amide bonds. The number of nitrogens with zero attached hydrogens (tertiary/aromatic N) is 2. The Morgan fingerprint density at radius 3 is 2.43 bits per heavy atom. The Hall–Kier alpha value is -2.35. The van der Waals surface area contributed by atoms with Crippen LogP contribution in [0.4, 0.5) is 30.6 Å². The second kappa shape index (κ2) is 7.28. The fraction of sp³-hybridized carbons (Fsp3) is 0.333. The van der Waals surface area contributed by atoms with Crippen LogP contribution in [0.25, 0.3) is 0 Å². The molecule has 0 bridgehead atoms. The average Bonchev–Trinajstić information content (AvgIpc) is 2.46. The monoisotopic (exact) mass is 326 g/mol. The molecule has 2 rings (SSSR count). The first-order valence-corrected chi connectivity index (χ1v) is 6.91. The van der Waals surface area contributed by atoms with Gasteiger partial charge in [-0.15, -0.1) is 0 Å². The van der Waals surface area contributed by atoms with Crippen LogP contribution >= 0.6 is 0 Å². The number of methoxy groups -OCH3 is 1. The van der Waals surface area contributed by atoms with Gasteiger partial charge in [0.2, 0.25) is 5.95 Å². The van der Waals surface area contributed by atoms with E-state index in [0.29, 0.717) is 30.6 Å². The van der Waals surface area contributed by atoms with E-state index in [4.69, 9.17) is 4.74 Å². The lowest BCUT2D eigenvalue weighted by atomic mass is 10.2. The van der Waals surface area contributed by atoms with Crippen LogP contribution in [0.1, 0.15) is 11.3 Å². The average molecular weight is 326 g/mol. The Morgan fingerprint density at radius 1 is 1.13 bits per heavy atom. The highest BCUT2D eigenvalue weighted by atomic mass is 19.4. The molecule has 0 saturated heterocycles. The second-order valence-electron chi connectivity index (χ2n) is 4.84. The summed E-state index contributed by atoms with van der Waals surface area (Å²) in [5, 5.41) is 5.97. The van der Waals surface area contributed by atoms with E-state index in [1.807, 2.05) is 0 Å². The predicted molar refractivity (Wildman–Crippen MR) is 81.9 cm³/mol. The highest BCUT2D eigenvalue weighted by Gasteiger charge is 2.29. The lowest BCUT2D eigenvalue weighted by molar-refractivity contribution is -0.137. The van der Waals surface area contributed by atoms with Gasteiger partial charge in [0.1, 0.15) is 5.82 Å². The number of anilines is 3. The third-order valence-corrected chi connectivity index (χ3v) is 2.93. The van der Waals surface area contributed by atoms with E-state index in [0.717, 1.165) is 17.8 Å². The minimum atomic E-state index is -4.34. The fourth-order valence-corrected chi connectivity index (χ4v) is 1.87. The highest BCUT2D eigenvalue weighted by molar-refractivity contribution is 5.58. The summed E-state index contributed by atoms with van der Waals surface area (Å²) in [4.78, 5) is 8.49. The zero-order valence-electron chi connectivity index (χ0n) is 12.7. The van der Waals surface area contributed by atoms with Gasteiger partial charge in [-0.05, 0) is 31.2 Å². The molecule has 0 atom stereocenters. The Balaban J connectivity index is 2.10. The molecule has 0 fully saturated rings. The SMILES string of the molecule is COCCNc1nc(C)cc(Nc2ccc(C(F)(F)F)cc2)n1. The first-order valence-electron chi connectivity index (χ1n) is 6.91. The van der Waals surface area contributed by atoms with Gasteiger partial charge in [0.15, 0.2) is 0 Å². The van der Waals surface area contributed by atoms with E-state index < -0.39 is 11.7 Å². The van der Waals surface area contributed by atoms with E-state index in [1.54, 1.807) is 20.1 Å². The van der Waals surface area contributed by atoms with E-state index in [-0.39, 0.29) is 0 Å². The van der Waals surface area contributed by atoms with Gasteiger partial charge in [-0.25, -0.2) is 4.98 Å². The van der Waals surface area contributed by atoms with Crippen molar-refractivity contribution >= 4 is 17.5 Å². The number of hydrogen-bond acceptors (Lipinski definition) is 5. The summed E-state index contributed by atoms with van der Waals surface area (Å²) in [6, 6.07) is 6.47. The Kier molecular flexibility index (Phi) is 5.38. The predicted octanol–water partition coefficient (Wildman–Crippen LogP) is 3.61. The van der Waals surface area contributed by atoms with Crippen LogP contribution < -0.4 is 10.6 Å². The maximum Gasteiger partial charge on any atom is 0.416 e. The number of ether oxygens (including phenoxy) is 1. The molecular weight excluding hydrogens is 309 g/mol. The second-order valence-corrected chi connectivity index (χ2v) is 4.84. The van der Waals surface area contributed by atoms with Crippen LogP contribution in [0.5, 0.6) is 0 Å². The smallest absolute Gasteiger partial charge is 0.383 e. The van der Waals surface area contributed by atoms with E-state index in [9.17, 15) is 13.2 Å². The van der Waals surface area contributed by atoms with Crippen molar-refractivity contribution in [3.05, 3.63) is 41.6 Å². The van der Waals surface area contributed by atoms with Crippen LogP contribution in [-0.4, -0.2) is 30.2 Å². The van der Waals surface area contributed by atoms with Gasteiger partial charge >= 0.3 is 6.18 Å². The van der Waals surface area contributed by atoms with Gasteiger partial charge in [0.25, 0.3) is 0 Å². The Morgan fingerprint density at radius 2 is 1.83 bits per heavy atom. The Labute approximate surface area is 131 Å². The largest absolute Gasteiger partial charge is 0.416 e.